The third kappa shape index (κ3) is 4.25. The van der Waals surface area contributed by atoms with Gasteiger partial charge in [-0.1, -0.05) is 11.6 Å². The van der Waals surface area contributed by atoms with Gasteiger partial charge in [-0.15, -0.1) is 0 Å². The molecular formula is C23H20ClF3N6O2. The van der Waals surface area contributed by atoms with Crippen LogP contribution in [0.15, 0.2) is 41.5 Å². The fraction of sp³-hybridized carbons (Fsp3) is 0.304. The fourth-order valence-corrected chi connectivity index (χ4v) is 4.33. The lowest BCUT2D eigenvalue weighted by Gasteiger charge is -2.33. The summed E-state index contributed by atoms with van der Waals surface area (Å²) in [4.78, 5) is 23.6. The van der Waals surface area contributed by atoms with E-state index >= 15 is 0 Å². The van der Waals surface area contributed by atoms with E-state index < -0.39 is 23.6 Å². The monoisotopic (exact) mass is 504 g/mol. The Morgan fingerprint density at radius 3 is 2.69 bits per heavy atom. The standard InChI is InChI=1S/C23H20ClF3N6O2/c1-31-10-12(9-28-31)17-11-33(5-6-35-17)18-8-15-20(30-22(21(26)27)32(2)23(15)34)19(29-18)14-4-3-13(24)7-16(14)25/h3-4,7-10,17,21H,5-6,11H2,1-2H3/t17-/m0/s1. The third-order valence-corrected chi connectivity index (χ3v) is 6.19. The number of nitrogens with zero attached hydrogens (tertiary/aromatic N) is 6. The maximum Gasteiger partial charge on any atom is 0.295 e. The number of rotatable bonds is 4. The van der Waals surface area contributed by atoms with Crippen LogP contribution in [0, 0.1) is 5.82 Å². The molecule has 4 heterocycles. The van der Waals surface area contributed by atoms with Gasteiger partial charge in [0.2, 0.25) is 0 Å². The SMILES string of the molecule is Cn1cc([C@@H]2CN(c3cc4c(=O)n(C)c(C(F)F)nc4c(-c4ccc(Cl)cc4F)n3)CCO2)cn1. The lowest BCUT2D eigenvalue weighted by Crippen LogP contribution is -2.39. The van der Waals surface area contributed by atoms with Gasteiger partial charge in [0.05, 0.1) is 18.2 Å². The molecule has 0 aliphatic carbocycles. The second kappa shape index (κ2) is 8.97. The van der Waals surface area contributed by atoms with Crippen molar-refractivity contribution in [3.8, 4) is 11.3 Å². The summed E-state index contributed by atoms with van der Waals surface area (Å²) in [5.41, 5.74) is 0.0724. The summed E-state index contributed by atoms with van der Waals surface area (Å²) in [6.45, 7) is 1.24. The van der Waals surface area contributed by atoms with Crippen LogP contribution in [0.2, 0.25) is 5.02 Å². The number of pyridine rings is 1. The number of aryl methyl sites for hydroxylation is 1. The van der Waals surface area contributed by atoms with E-state index in [4.69, 9.17) is 16.3 Å². The van der Waals surface area contributed by atoms with Crippen LogP contribution < -0.4 is 10.5 Å². The summed E-state index contributed by atoms with van der Waals surface area (Å²) in [6, 6.07) is 5.45. The zero-order valence-corrected chi connectivity index (χ0v) is 19.5. The van der Waals surface area contributed by atoms with Crippen LogP contribution >= 0.6 is 11.6 Å². The summed E-state index contributed by atoms with van der Waals surface area (Å²) < 4.78 is 50.5. The molecule has 12 heteroatoms. The Kier molecular flexibility index (Phi) is 5.97. The maximum absolute atomic E-state index is 14.9. The van der Waals surface area contributed by atoms with Crippen LogP contribution in [0.4, 0.5) is 19.0 Å². The predicted octanol–water partition coefficient (Wildman–Crippen LogP) is 4.04. The van der Waals surface area contributed by atoms with Crippen molar-refractivity contribution in [3.63, 3.8) is 0 Å². The van der Waals surface area contributed by atoms with Gasteiger partial charge in [0.25, 0.3) is 12.0 Å². The molecule has 0 saturated carbocycles. The van der Waals surface area contributed by atoms with E-state index in [1.165, 1.54) is 25.2 Å². The molecule has 0 unspecified atom stereocenters. The highest BCUT2D eigenvalue weighted by Crippen LogP contribution is 2.33. The first-order valence-corrected chi connectivity index (χ1v) is 11.1. The van der Waals surface area contributed by atoms with E-state index in [1.807, 2.05) is 11.1 Å². The number of halogens is 4. The molecule has 3 aromatic heterocycles. The van der Waals surface area contributed by atoms with E-state index in [0.717, 1.165) is 16.2 Å². The number of aromatic nitrogens is 5. The van der Waals surface area contributed by atoms with Gasteiger partial charge in [-0.2, -0.15) is 5.10 Å². The molecule has 0 spiro atoms. The number of hydrogen-bond donors (Lipinski definition) is 0. The molecule has 0 radical (unpaired) electrons. The van der Waals surface area contributed by atoms with Crippen molar-refractivity contribution in [1.29, 1.82) is 0 Å². The van der Waals surface area contributed by atoms with Crippen molar-refractivity contribution in [3.05, 3.63) is 69.2 Å². The molecule has 1 aliphatic heterocycles. The summed E-state index contributed by atoms with van der Waals surface area (Å²) in [5.74, 6) is -1.06. The number of morpholine rings is 1. The van der Waals surface area contributed by atoms with Crippen molar-refractivity contribution in [2.24, 2.45) is 14.1 Å². The maximum atomic E-state index is 14.9. The average molecular weight is 505 g/mol. The fourth-order valence-electron chi connectivity index (χ4n) is 4.17. The number of benzene rings is 1. The van der Waals surface area contributed by atoms with E-state index in [1.54, 1.807) is 17.9 Å². The van der Waals surface area contributed by atoms with Gasteiger partial charge < -0.3 is 9.64 Å². The first kappa shape index (κ1) is 23.3. The highest BCUT2D eigenvalue weighted by molar-refractivity contribution is 6.30. The van der Waals surface area contributed by atoms with Gasteiger partial charge in [0, 0.05) is 49.5 Å². The largest absolute Gasteiger partial charge is 0.370 e. The molecule has 1 fully saturated rings. The second-order valence-corrected chi connectivity index (χ2v) is 8.67. The molecule has 4 aromatic rings. The molecule has 8 nitrogen and oxygen atoms in total. The number of hydrogen-bond acceptors (Lipinski definition) is 6. The van der Waals surface area contributed by atoms with Crippen LogP contribution in [0.3, 0.4) is 0 Å². The van der Waals surface area contributed by atoms with Crippen LogP contribution in [-0.4, -0.2) is 44.0 Å². The van der Waals surface area contributed by atoms with Gasteiger partial charge in [0.15, 0.2) is 5.82 Å². The zero-order chi connectivity index (χ0) is 24.9. The Morgan fingerprint density at radius 2 is 2.00 bits per heavy atom. The Labute approximate surface area is 202 Å². The molecule has 1 aromatic carbocycles. The van der Waals surface area contributed by atoms with E-state index in [0.29, 0.717) is 25.5 Å². The van der Waals surface area contributed by atoms with Crippen LogP contribution in [0.1, 0.15) is 23.9 Å². The lowest BCUT2D eigenvalue weighted by molar-refractivity contribution is 0.0395. The minimum absolute atomic E-state index is 0.000659. The Morgan fingerprint density at radius 1 is 1.20 bits per heavy atom. The average Bonchev–Trinajstić information content (AvgIpc) is 3.27. The number of fused-ring (bicyclic) bond motifs is 1. The minimum atomic E-state index is -3.00. The molecule has 0 amide bonds. The predicted molar refractivity (Wildman–Crippen MR) is 124 cm³/mol. The van der Waals surface area contributed by atoms with E-state index in [2.05, 4.69) is 15.1 Å². The quantitative estimate of drug-likeness (QED) is 0.417. The van der Waals surface area contributed by atoms with Crippen molar-refractivity contribution >= 4 is 28.3 Å². The smallest absolute Gasteiger partial charge is 0.295 e. The van der Waals surface area contributed by atoms with Crippen molar-refractivity contribution in [1.82, 2.24) is 24.3 Å². The number of alkyl halides is 2. The summed E-state index contributed by atoms with van der Waals surface area (Å²) >= 11 is 5.91. The Bertz CT molecular complexity index is 1490. The lowest BCUT2D eigenvalue weighted by atomic mass is 10.1. The molecule has 35 heavy (non-hydrogen) atoms. The van der Waals surface area contributed by atoms with Gasteiger partial charge in [-0.3, -0.25) is 14.0 Å². The van der Waals surface area contributed by atoms with Gasteiger partial charge >= 0.3 is 0 Å². The van der Waals surface area contributed by atoms with Crippen molar-refractivity contribution in [2.75, 3.05) is 24.6 Å². The third-order valence-electron chi connectivity index (χ3n) is 5.95. The Balaban J connectivity index is 1.70. The molecule has 182 valence electrons. The number of anilines is 1. The van der Waals surface area contributed by atoms with Crippen molar-refractivity contribution in [2.45, 2.75) is 12.5 Å². The summed E-state index contributed by atoms with van der Waals surface area (Å²) in [7, 11) is 3.03. The molecule has 0 bridgehead atoms. The number of ether oxygens (including phenoxy) is 1. The van der Waals surface area contributed by atoms with E-state index in [-0.39, 0.29) is 33.3 Å². The highest BCUT2D eigenvalue weighted by atomic mass is 35.5. The zero-order valence-electron chi connectivity index (χ0n) is 18.8. The molecule has 1 atom stereocenters. The first-order chi connectivity index (χ1) is 16.7. The van der Waals surface area contributed by atoms with Gasteiger partial charge in [0.1, 0.15) is 28.9 Å². The molecule has 1 aliphatic rings. The van der Waals surface area contributed by atoms with Crippen LogP contribution in [-0.2, 0) is 18.8 Å². The van der Waals surface area contributed by atoms with Crippen LogP contribution in [0.25, 0.3) is 22.2 Å². The molecule has 0 N–H and O–H groups in total. The molecular weight excluding hydrogens is 485 g/mol. The summed E-state index contributed by atoms with van der Waals surface area (Å²) in [6.07, 6.45) is 0.261. The first-order valence-electron chi connectivity index (χ1n) is 10.7. The summed E-state index contributed by atoms with van der Waals surface area (Å²) in [5, 5.41) is 4.40. The normalized spacial score (nSPS) is 16.4. The van der Waals surface area contributed by atoms with Crippen molar-refractivity contribution < 1.29 is 17.9 Å². The van der Waals surface area contributed by atoms with Gasteiger partial charge in [-0.05, 0) is 24.3 Å². The van der Waals surface area contributed by atoms with E-state index in [9.17, 15) is 18.0 Å². The topological polar surface area (TPSA) is 78.1 Å². The molecule has 1 saturated heterocycles. The minimum Gasteiger partial charge on any atom is -0.370 e. The second-order valence-electron chi connectivity index (χ2n) is 8.24. The Hall–Kier alpha value is -3.44. The molecule has 5 rings (SSSR count). The van der Waals surface area contributed by atoms with Crippen LogP contribution in [0.5, 0.6) is 0 Å². The highest BCUT2D eigenvalue weighted by Gasteiger charge is 2.27. The van der Waals surface area contributed by atoms with Gasteiger partial charge in [-0.25, -0.2) is 23.1 Å².